The lowest BCUT2D eigenvalue weighted by atomic mass is 10.2. The van der Waals surface area contributed by atoms with Crippen molar-refractivity contribution in [2.45, 2.75) is 32.3 Å². The first-order valence-electron chi connectivity index (χ1n) is 6.33. The quantitative estimate of drug-likeness (QED) is 0.791. The Morgan fingerprint density at radius 3 is 2.29 bits per heavy atom. The molecule has 1 aromatic rings. The highest BCUT2D eigenvalue weighted by Crippen LogP contribution is 2.32. The van der Waals surface area contributed by atoms with Gasteiger partial charge in [0.25, 0.3) is 0 Å². The van der Waals surface area contributed by atoms with Crippen molar-refractivity contribution < 1.29 is 14.6 Å². The summed E-state index contributed by atoms with van der Waals surface area (Å²) in [5.74, 6) is 2.11. The molecule has 94 valence electrons. The van der Waals surface area contributed by atoms with Gasteiger partial charge in [-0.1, -0.05) is 6.92 Å². The van der Waals surface area contributed by atoms with Gasteiger partial charge < -0.3 is 14.6 Å². The molecular formula is C14H20O3. The van der Waals surface area contributed by atoms with Crippen molar-refractivity contribution >= 4 is 0 Å². The molecule has 0 aromatic heterocycles. The molecule has 1 unspecified atom stereocenters. The Morgan fingerprint density at radius 1 is 1.18 bits per heavy atom. The Bertz CT molecular complexity index is 330. The Kier molecular flexibility index (Phi) is 4.26. The molecule has 3 heteroatoms. The summed E-state index contributed by atoms with van der Waals surface area (Å²) in [5.41, 5.74) is 0. The average Bonchev–Trinajstić information content (AvgIpc) is 3.19. The molecule has 2 rings (SSSR count). The molecule has 0 bridgehead atoms. The predicted molar refractivity (Wildman–Crippen MR) is 66.5 cm³/mol. The molecule has 1 fully saturated rings. The zero-order chi connectivity index (χ0) is 12.1. The fraction of sp³-hybridized carbons (Fsp3) is 0.571. The van der Waals surface area contributed by atoms with Crippen LogP contribution >= 0.6 is 0 Å². The maximum Gasteiger partial charge on any atom is 0.119 e. The largest absolute Gasteiger partial charge is 0.494 e. The molecule has 1 aliphatic rings. The van der Waals surface area contributed by atoms with Crippen LogP contribution in [-0.4, -0.2) is 24.4 Å². The summed E-state index contributed by atoms with van der Waals surface area (Å²) in [7, 11) is 0. The molecule has 17 heavy (non-hydrogen) atoms. The van der Waals surface area contributed by atoms with Gasteiger partial charge in [0.1, 0.15) is 18.1 Å². The zero-order valence-electron chi connectivity index (χ0n) is 10.3. The molecule has 3 nitrogen and oxygen atoms in total. The van der Waals surface area contributed by atoms with Gasteiger partial charge in [-0.15, -0.1) is 0 Å². The van der Waals surface area contributed by atoms with Crippen LogP contribution < -0.4 is 9.47 Å². The van der Waals surface area contributed by atoms with Gasteiger partial charge in [-0.3, -0.25) is 0 Å². The van der Waals surface area contributed by atoms with Gasteiger partial charge in [-0.25, -0.2) is 0 Å². The van der Waals surface area contributed by atoms with E-state index in [1.807, 2.05) is 24.3 Å². The second-order valence-electron chi connectivity index (χ2n) is 4.54. The van der Waals surface area contributed by atoms with Gasteiger partial charge in [-0.2, -0.15) is 0 Å². The van der Waals surface area contributed by atoms with Gasteiger partial charge in [-0.05, 0) is 49.4 Å². The summed E-state index contributed by atoms with van der Waals surface area (Å²) in [6, 6.07) is 7.55. The minimum absolute atomic E-state index is 0.314. The minimum Gasteiger partial charge on any atom is -0.494 e. The fourth-order valence-electron chi connectivity index (χ4n) is 1.65. The van der Waals surface area contributed by atoms with Crippen LogP contribution in [0.2, 0.25) is 0 Å². The van der Waals surface area contributed by atoms with E-state index in [9.17, 15) is 5.11 Å². The lowest BCUT2D eigenvalue weighted by molar-refractivity contribution is 0.0894. The molecule has 0 radical (unpaired) electrons. The number of benzene rings is 1. The number of ether oxygens (including phenoxy) is 2. The second kappa shape index (κ2) is 5.92. The Hall–Kier alpha value is -1.22. The lowest BCUT2D eigenvalue weighted by Crippen LogP contribution is -2.19. The van der Waals surface area contributed by atoms with E-state index in [4.69, 9.17) is 9.47 Å². The molecule has 0 spiro atoms. The number of hydrogen-bond acceptors (Lipinski definition) is 3. The third kappa shape index (κ3) is 3.93. The molecule has 1 aliphatic carbocycles. The number of aliphatic hydroxyl groups excluding tert-OH is 1. The van der Waals surface area contributed by atoms with Crippen molar-refractivity contribution in [3.05, 3.63) is 24.3 Å². The normalized spacial score (nSPS) is 16.6. The van der Waals surface area contributed by atoms with Crippen molar-refractivity contribution in [1.29, 1.82) is 0 Å². The van der Waals surface area contributed by atoms with Crippen molar-refractivity contribution in [3.63, 3.8) is 0 Å². The molecule has 1 aromatic carbocycles. The Morgan fingerprint density at radius 2 is 1.76 bits per heavy atom. The molecule has 1 N–H and O–H groups in total. The van der Waals surface area contributed by atoms with E-state index in [1.54, 1.807) is 0 Å². The third-order valence-electron chi connectivity index (χ3n) is 2.88. The topological polar surface area (TPSA) is 38.7 Å². The van der Waals surface area contributed by atoms with Gasteiger partial charge in [0.15, 0.2) is 0 Å². The first kappa shape index (κ1) is 12.2. The summed E-state index contributed by atoms with van der Waals surface area (Å²) < 4.78 is 11.0. The van der Waals surface area contributed by atoms with Crippen LogP contribution in [0.1, 0.15) is 26.2 Å². The van der Waals surface area contributed by atoms with E-state index in [0.29, 0.717) is 12.5 Å². The van der Waals surface area contributed by atoms with Crippen LogP contribution in [-0.2, 0) is 0 Å². The van der Waals surface area contributed by atoms with E-state index in [-0.39, 0.29) is 6.10 Å². The maximum absolute atomic E-state index is 9.67. The van der Waals surface area contributed by atoms with Crippen molar-refractivity contribution in [1.82, 2.24) is 0 Å². The molecular weight excluding hydrogens is 216 g/mol. The van der Waals surface area contributed by atoms with E-state index in [0.717, 1.165) is 37.4 Å². The van der Waals surface area contributed by atoms with Crippen LogP contribution in [0.4, 0.5) is 0 Å². The summed E-state index contributed by atoms with van der Waals surface area (Å²) in [6.45, 7) is 3.21. The average molecular weight is 236 g/mol. The number of hydrogen-bond donors (Lipinski definition) is 1. The molecule has 1 saturated carbocycles. The van der Waals surface area contributed by atoms with Crippen LogP contribution in [0.15, 0.2) is 24.3 Å². The number of rotatable bonds is 7. The molecule has 1 atom stereocenters. The van der Waals surface area contributed by atoms with Gasteiger partial charge in [0.2, 0.25) is 0 Å². The highest BCUT2D eigenvalue weighted by Gasteiger charge is 2.29. The highest BCUT2D eigenvalue weighted by atomic mass is 16.5. The third-order valence-corrected chi connectivity index (χ3v) is 2.88. The van der Waals surface area contributed by atoms with E-state index < -0.39 is 0 Å². The molecule has 0 saturated heterocycles. The summed E-state index contributed by atoms with van der Waals surface area (Å²) in [5, 5.41) is 9.67. The second-order valence-corrected chi connectivity index (χ2v) is 4.54. The number of aliphatic hydroxyl groups is 1. The Labute approximate surface area is 102 Å². The molecule has 0 amide bonds. The zero-order valence-corrected chi connectivity index (χ0v) is 10.3. The van der Waals surface area contributed by atoms with Crippen molar-refractivity contribution in [3.8, 4) is 11.5 Å². The van der Waals surface area contributed by atoms with Gasteiger partial charge in [0, 0.05) is 0 Å². The van der Waals surface area contributed by atoms with Gasteiger partial charge in [0.05, 0.1) is 12.7 Å². The van der Waals surface area contributed by atoms with Crippen LogP contribution in [0.3, 0.4) is 0 Å². The monoisotopic (exact) mass is 236 g/mol. The van der Waals surface area contributed by atoms with Crippen molar-refractivity contribution in [2.75, 3.05) is 13.2 Å². The molecule has 0 heterocycles. The summed E-state index contributed by atoms with van der Waals surface area (Å²) in [6.07, 6.45) is 2.96. The van der Waals surface area contributed by atoms with Crippen LogP contribution in [0.25, 0.3) is 0 Å². The fourth-order valence-corrected chi connectivity index (χ4v) is 1.65. The summed E-state index contributed by atoms with van der Waals surface area (Å²) in [4.78, 5) is 0. The first-order chi connectivity index (χ1) is 8.29. The summed E-state index contributed by atoms with van der Waals surface area (Å²) >= 11 is 0. The lowest BCUT2D eigenvalue weighted by Gasteiger charge is -2.11. The highest BCUT2D eigenvalue weighted by molar-refractivity contribution is 5.31. The van der Waals surface area contributed by atoms with Crippen LogP contribution in [0.5, 0.6) is 11.5 Å². The van der Waals surface area contributed by atoms with E-state index in [1.165, 1.54) is 0 Å². The SMILES string of the molecule is CCCOc1ccc(OCC(O)C2CC2)cc1. The predicted octanol–water partition coefficient (Wildman–Crippen LogP) is 2.63. The minimum atomic E-state index is -0.314. The standard InChI is InChI=1S/C14H20O3/c1-2-9-16-12-5-7-13(8-6-12)17-10-14(15)11-3-4-11/h5-8,11,14-15H,2-4,9-10H2,1H3. The smallest absolute Gasteiger partial charge is 0.119 e. The van der Waals surface area contributed by atoms with Crippen LogP contribution in [0, 0.1) is 5.92 Å². The van der Waals surface area contributed by atoms with Crippen molar-refractivity contribution in [2.24, 2.45) is 5.92 Å². The van der Waals surface area contributed by atoms with E-state index >= 15 is 0 Å². The van der Waals surface area contributed by atoms with Gasteiger partial charge >= 0.3 is 0 Å². The maximum atomic E-state index is 9.67. The first-order valence-corrected chi connectivity index (χ1v) is 6.33. The Balaban J connectivity index is 1.76. The molecule has 0 aliphatic heterocycles. The van der Waals surface area contributed by atoms with E-state index in [2.05, 4.69) is 6.92 Å².